The molecule has 0 aromatic carbocycles. The molecule has 144 valence electrons. The summed E-state index contributed by atoms with van der Waals surface area (Å²) < 4.78 is 15.5. The number of ether oxygens (including phenoxy) is 3. The molecule has 0 radical (unpaired) electrons. The van der Waals surface area contributed by atoms with E-state index < -0.39 is 35.7 Å². The van der Waals surface area contributed by atoms with Gasteiger partial charge in [-0.05, 0) is 44.3 Å². The summed E-state index contributed by atoms with van der Waals surface area (Å²) in [6.45, 7) is 14.7. The molecular formula is C20H28O6. The van der Waals surface area contributed by atoms with Gasteiger partial charge < -0.3 is 14.2 Å². The van der Waals surface area contributed by atoms with Gasteiger partial charge in [-0.2, -0.15) is 0 Å². The SMILES string of the molecule is C=CCOC(=O)C1CCC(C(=O)OCC(=C)C)C(C(=O)OCC(=C)C)C1. The van der Waals surface area contributed by atoms with Gasteiger partial charge in [0.25, 0.3) is 0 Å². The van der Waals surface area contributed by atoms with Gasteiger partial charge in [0.15, 0.2) is 0 Å². The first-order chi connectivity index (χ1) is 12.3. The van der Waals surface area contributed by atoms with E-state index in [1.165, 1.54) is 6.08 Å². The number of esters is 3. The summed E-state index contributed by atoms with van der Waals surface area (Å²) >= 11 is 0. The van der Waals surface area contributed by atoms with Crippen LogP contribution in [0, 0.1) is 17.8 Å². The second kappa shape index (κ2) is 10.6. The van der Waals surface area contributed by atoms with Crippen LogP contribution in [0.4, 0.5) is 0 Å². The Hall–Kier alpha value is -2.37. The lowest BCUT2D eigenvalue weighted by Gasteiger charge is -2.32. The quantitative estimate of drug-likeness (QED) is 0.355. The zero-order chi connectivity index (χ0) is 19.7. The summed E-state index contributed by atoms with van der Waals surface area (Å²) in [5, 5.41) is 0. The van der Waals surface area contributed by atoms with Gasteiger partial charge in [0, 0.05) is 0 Å². The van der Waals surface area contributed by atoms with Crippen LogP contribution in [0.2, 0.25) is 0 Å². The molecule has 0 N–H and O–H groups in total. The highest BCUT2D eigenvalue weighted by atomic mass is 16.5. The van der Waals surface area contributed by atoms with Gasteiger partial charge >= 0.3 is 17.9 Å². The lowest BCUT2D eigenvalue weighted by Crippen LogP contribution is -2.40. The van der Waals surface area contributed by atoms with Crippen LogP contribution >= 0.6 is 0 Å². The van der Waals surface area contributed by atoms with Gasteiger partial charge in [-0.15, -0.1) is 0 Å². The predicted molar refractivity (Wildman–Crippen MR) is 97.0 cm³/mol. The second-order valence-corrected chi connectivity index (χ2v) is 6.77. The van der Waals surface area contributed by atoms with Crippen LogP contribution in [-0.4, -0.2) is 37.7 Å². The number of carbonyl (C=O) groups is 3. The monoisotopic (exact) mass is 364 g/mol. The topological polar surface area (TPSA) is 78.9 Å². The Morgan fingerprint density at radius 1 is 0.885 bits per heavy atom. The van der Waals surface area contributed by atoms with Crippen LogP contribution in [0.5, 0.6) is 0 Å². The zero-order valence-electron chi connectivity index (χ0n) is 15.6. The van der Waals surface area contributed by atoms with Crippen molar-refractivity contribution < 1.29 is 28.6 Å². The Morgan fingerprint density at radius 3 is 1.92 bits per heavy atom. The van der Waals surface area contributed by atoms with Crippen molar-refractivity contribution in [2.75, 3.05) is 19.8 Å². The fourth-order valence-electron chi connectivity index (χ4n) is 2.79. The third kappa shape index (κ3) is 6.86. The molecule has 0 aromatic heterocycles. The van der Waals surface area contributed by atoms with E-state index in [2.05, 4.69) is 19.7 Å². The number of rotatable bonds is 9. The second-order valence-electron chi connectivity index (χ2n) is 6.77. The summed E-state index contributed by atoms with van der Waals surface area (Å²) in [7, 11) is 0. The standard InChI is InChI=1S/C20H28O6/c1-6-9-24-18(21)15-7-8-16(19(22)25-11-13(2)3)17(10-15)20(23)26-12-14(4)5/h6,15-17H,1-2,4,7-12H2,3,5H3. The predicted octanol–water partition coefficient (Wildman–Crippen LogP) is 2.99. The molecule has 1 rings (SSSR count). The molecule has 3 atom stereocenters. The summed E-state index contributed by atoms with van der Waals surface area (Å²) in [4.78, 5) is 37.0. The summed E-state index contributed by atoms with van der Waals surface area (Å²) in [6.07, 6.45) is 2.48. The zero-order valence-corrected chi connectivity index (χ0v) is 15.6. The van der Waals surface area contributed by atoms with Gasteiger partial charge in [-0.3, -0.25) is 14.4 Å². The van der Waals surface area contributed by atoms with Crippen molar-refractivity contribution in [2.45, 2.75) is 33.1 Å². The molecule has 0 aliphatic heterocycles. The molecule has 1 aliphatic rings. The normalized spacial score (nSPS) is 22.0. The van der Waals surface area contributed by atoms with Gasteiger partial charge in [0.1, 0.15) is 19.8 Å². The molecule has 0 spiro atoms. The lowest BCUT2D eigenvalue weighted by molar-refractivity contribution is -0.165. The van der Waals surface area contributed by atoms with Crippen LogP contribution in [0.3, 0.4) is 0 Å². The maximum absolute atomic E-state index is 12.5. The summed E-state index contributed by atoms with van der Waals surface area (Å²) in [6, 6.07) is 0. The fourth-order valence-corrected chi connectivity index (χ4v) is 2.79. The third-order valence-corrected chi connectivity index (χ3v) is 4.05. The molecule has 1 fully saturated rings. The summed E-state index contributed by atoms with van der Waals surface area (Å²) in [5.74, 6) is -3.23. The Bertz CT molecular complexity index is 577. The molecule has 0 aromatic rings. The molecule has 3 unspecified atom stereocenters. The van der Waals surface area contributed by atoms with Crippen molar-refractivity contribution in [2.24, 2.45) is 17.8 Å². The average Bonchev–Trinajstić information content (AvgIpc) is 2.61. The highest BCUT2D eigenvalue weighted by Gasteiger charge is 2.43. The number of carbonyl (C=O) groups excluding carboxylic acids is 3. The molecule has 6 heteroatoms. The van der Waals surface area contributed by atoms with E-state index in [0.29, 0.717) is 24.0 Å². The van der Waals surface area contributed by atoms with Crippen molar-refractivity contribution in [3.63, 3.8) is 0 Å². The molecule has 0 saturated heterocycles. The number of hydrogen-bond acceptors (Lipinski definition) is 6. The van der Waals surface area contributed by atoms with Crippen molar-refractivity contribution >= 4 is 17.9 Å². The van der Waals surface area contributed by atoms with E-state index in [1.807, 2.05) is 0 Å². The van der Waals surface area contributed by atoms with E-state index in [9.17, 15) is 14.4 Å². The molecule has 0 amide bonds. The Morgan fingerprint density at radius 2 is 1.42 bits per heavy atom. The number of hydrogen-bond donors (Lipinski definition) is 0. The average molecular weight is 364 g/mol. The van der Waals surface area contributed by atoms with Crippen LogP contribution < -0.4 is 0 Å². The largest absolute Gasteiger partial charge is 0.461 e. The molecule has 0 bridgehead atoms. The maximum atomic E-state index is 12.5. The molecule has 1 saturated carbocycles. The smallest absolute Gasteiger partial charge is 0.310 e. The lowest BCUT2D eigenvalue weighted by atomic mass is 9.74. The minimum absolute atomic E-state index is 0.0778. The van der Waals surface area contributed by atoms with Gasteiger partial charge in [0.2, 0.25) is 0 Å². The van der Waals surface area contributed by atoms with Gasteiger partial charge in [0.05, 0.1) is 17.8 Å². The van der Waals surface area contributed by atoms with Crippen LogP contribution in [0.1, 0.15) is 33.1 Å². The third-order valence-electron chi connectivity index (χ3n) is 4.05. The van der Waals surface area contributed by atoms with Crippen molar-refractivity contribution in [3.05, 3.63) is 37.0 Å². The highest BCUT2D eigenvalue weighted by molar-refractivity contribution is 5.84. The molecule has 6 nitrogen and oxygen atoms in total. The fraction of sp³-hybridized carbons (Fsp3) is 0.550. The van der Waals surface area contributed by atoms with Crippen LogP contribution in [0.15, 0.2) is 37.0 Å². The van der Waals surface area contributed by atoms with E-state index in [4.69, 9.17) is 14.2 Å². The van der Waals surface area contributed by atoms with E-state index in [1.54, 1.807) is 13.8 Å². The first-order valence-electron chi connectivity index (χ1n) is 8.65. The summed E-state index contributed by atoms with van der Waals surface area (Å²) in [5.41, 5.74) is 1.40. The minimum atomic E-state index is -0.748. The van der Waals surface area contributed by atoms with Gasteiger partial charge in [-0.1, -0.05) is 25.8 Å². The molecule has 26 heavy (non-hydrogen) atoms. The Labute approximate surface area is 154 Å². The van der Waals surface area contributed by atoms with E-state index in [0.717, 1.165) is 0 Å². The van der Waals surface area contributed by atoms with Gasteiger partial charge in [-0.25, -0.2) is 0 Å². The highest BCUT2D eigenvalue weighted by Crippen LogP contribution is 2.36. The first kappa shape index (κ1) is 21.7. The maximum Gasteiger partial charge on any atom is 0.310 e. The van der Waals surface area contributed by atoms with Crippen molar-refractivity contribution in [1.29, 1.82) is 0 Å². The van der Waals surface area contributed by atoms with E-state index >= 15 is 0 Å². The molecule has 1 aliphatic carbocycles. The van der Waals surface area contributed by atoms with Crippen LogP contribution in [-0.2, 0) is 28.6 Å². The Kier molecular flexibility index (Phi) is 8.82. The molecule has 0 heterocycles. The van der Waals surface area contributed by atoms with Crippen molar-refractivity contribution in [3.8, 4) is 0 Å². The van der Waals surface area contributed by atoms with Crippen LogP contribution in [0.25, 0.3) is 0 Å². The minimum Gasteiger partial charge on any atom is -0.461 e. The molecular weight excluding hydrogens is 336 g/mol. The van der Waals surface area contributed by atoms with Crippen molar-refractivity contribution in [1.82, 2.24) is 0 Å². The Balaban J connectivity index is 2.84. The van der Waals surface area contributed by atoms with E-state index in [-0.39, 0.29) is 26.2 Å². The first-order valence-corrected chi connectivity index (χ1v) is 8.65.